The highest BCUT2D eigenvalue weighted by atomic mass is 32.2. The first-order valence-corrected chi connectivity index (χ1v) is 11.3. The minimum absolute atomic E-state index is 0.0854. The highest BCUT2D eigenvalue weighted by molar-refractivity contribution is 7.89. The number of carbonyl (C=O) groups excluding carboxylic acids is 1. The van der Waals surface area contributed by atoms with Crippen molar-refractivity contribution in [3.05, 3.63) is 29.3 Å². The number of sulfonamides is 1. The first kappa shape index (κ1) is 20.3. The lowest BCUT2D eigenvalue weighted by Gasteiger charge is -2.35. The molecule has 0 N–H and O–H groups in total. The van der Waals surface area contributed by atoms with Crippen molar-refractivity contribution in [2.24, 2.45) is 0 Å². The van der Waals surface area contributed by atoms with Crippen LogP contribution in [-0.2, 0) is 10.0 Å². The van der Waals surface area contributed by atoms with Gasteiger partial charge in [-0.1, -0.05) is 12.5 Å². The topological polar surface area (TPSA) is 60.9 Å². The summed E-state index contributed by atoms with van der Waals surface area (Å²) < 4.78 is 27.5. The standard InChI is InChI=1S/C20H31N3O3S/c1-16-7-8-18(27(25,26)23-11-5-4-6-12-23)15-19(16)20(24)22(3)17-9-13-21(2)14-10-17/h7-8,15,17H,4-6,9-14H2,1-3H3. The molecular weight excluding hydrogens is 362 g/mol. The van der Waals surface area contributed by atoms with E-state index in [1.54, 1.807) is 27.4 Å². The number of hydrogen-bond donors (Lipinski definition) is 0. The average molecular weight is 394 g/mol. The van der Waals surface area contributed by atoms with Gasteiger partial charge in [-0.25, -0.2) is 8.42 Å². The molecule has 1 amide bonds. The molecule has 1 aromatic carbocycles. The Bertz CT molecular complexity index is 780. The fourth-order valence-electron chi connectivity index (χ4n) is 3.98. The molecule has 2 aliphatic rings. The highest BCUT2D eigenvalue weighted by Crippen LogP contribution is 2.24. The highest BCUT2D eigenvalue weighted by Gasteiger charge is 2.29. The van der Waals surface area contributed by atoms with Crippen LogP contribution in [-0.4, -0.2) is 74.7 Å². The molecular formula is C20H31N3O3S. The summed E-state index contributed by atoms with van der Waals surface area (Å²) in [5.41, 5.74) is 1.31. The molecule has 1 aromatic rings. The van der Waals surface area contributed by atoms with Gasteiger partial charge >= 0.3 is 0 Å². The molecule has 0 atom stereocenters. The summed E-state index contributed by atoms with van der Waals surface area (Å²) in [6.45, 7) is 4.95. The lowest BCUT2D eigenvalue weighted by Crippen LogP contribution is -2.44. The van der Waals surface area contributed by atoms with Crippen LogP contribution in [0, 0.1) is 6.92 Å². The van der Waals surface area contributed by atoms with Crippen molar-refractivity contribution in [2.75, 3.05) is 40.3 Å². The van der Waals surface area contributed by atoms with Gasteiger partial charge in [-0.2, -0.15) is 4.31 Å². The van der Waals surface area contributed by atoms with Gasteiger partial charge in [0.1, 0.15) is 0 Å². The second-order valence-electron chi connectivity index (χ2n) is 7.89. The van der Waals surface area contributed by atoms with Crippen LogP contribution >= 0.6 is 0 Å². The van der Waals surface area contributed by atoms with Crippen LogP contribution in [0.4, 0.5) is 0 Å². The van der Waals surface area contributed by atoms with Gasteiger partial charge in [-0.15, -0.1) is 0 Å². The first-order valence-electron chi connectivity index (χ1n) is 9.87. The molecule has 2 aliphatic heterocycles. The predicted octanol–water partition coefficient (Wildman–Crippen LogP) is 2.34. The number of piperidine rings is 2. The summed E-state index contributed by atoms with van der Waals surface area (Å²) >= 11 is 0. The van der Waals surface area contributed by atoms with Gasteiger partial charge in [0.05, 0.1) is 4.90 Å². The number of nitrogens with zero attached hydrogens (tertiary/aromatic N) is 3. The zero-order chi connectivity index (χ0) is 19.6. The number of hydrogen-bond acceptors (Lipinski definition) is 4. The summed E-state index contributed by atoms with van der Waals surface area (Å²) in [5.74, 6) is -0.0854. The van der Waals surface area contributed by atoms with Gasteiger partial charge < -0.3 is 9.80 Å². The zero-order valence-electron chi connectivity index (χ0n) is 16.6. The molecule has 0 spiro atoms. The van der Waals surface area contributed by atoms with Crippen LogP contribution in [0.5, 0.6) is 0 Å². The number of likely N-dealkylation sites (tertiary alicyclic amines) is 1. The van der Waals surface area contributed by atoms with Gasteiger partial charge in [-0.05, 0) is 70.4 Å². The third-order valence-corrected chi connectivity index (χ3v) is 7.84. The maximum Gasteiger partial charge on any atom is 0.254 e. The normalized spacial score (nSPS) is 20.6. The Morgan fingerprint density at radius 1 is 1.07 bits per heavy atom. The van der Waals surface area contributed by atoms with Gasteiger partial charge in [0.2, 0.25) is 10.0 Å². The Labute approximate surface area is 163 Å². The summed E-state index contributed by atoms with van der Waals surface area (Å²) in [5, 5.41) is 0. The summed E-state index contributed by atoms with van der Waals surface area (Å²) in [6, 6.07) is 5.17. The maximum atomic E-state index is 13.1. The lowest BCUT2D eigenvalue weighted by molar-refractivity contribution is 0.0658. The monoisotopic (exact) mass is 393 g/mol. The molecule has 3 rings (SSSR count). The molecule has 7 heteroatoms. The molecule has 150 valence electrons. The fraction of sp³-hybridized carbons (Fsp3) is 0.650. The van der Waals surface area contributed by atoms with Crippen LogP contribution in [0.2, 0.25) is 0 Å². The molecule has 0 unspecified atom stereocenters. The Hall–Kier alpha value is -1.44. The number of aryl methyl sites for hydroxylation is 1. The number of benzene rings is 1. The lowest BCUT2D eigenvalue weighted by atomic mass is 10.0. The molecule has 0 saturated carbocycles. The first-order chi connectivity index (χ1) is 12.8. The molecule has 2 heterocycles. The van der Waals surface area contributed by atoms with E-state index in [9.17, 15) is 13.2 Å². The van der Waals surface area contributed by atoms with E-state index in [1.807, 2.05) is 14.0 Å². The van der Waals surface area contributed by atoms with E-state index in [4.69, 9.17) is 0 Å². The van der Waals surface area contributed by atoms with E-state index in [-0.39, 0.29) is 16.8 Å². The van der Waals surface area contributed by atoms with Crippen molar-refractivity contribution in [1.82, 2.24) is 14.1 Å². The third kappa shape index (κ3) is 4.36. The summed E-state index contributed by atoms with van der Waals surface area (Å²) in [7, 11) is 0.395. The van der Waals surface area contributed by atoms with Crippen LogP contribution < -0.4 is 0 Å². The van der Waals surface area contributed by atoms with E-state index in [0.717, 1.165) is 50.8 Å². The third-order valence-electron chi connectivity index (χ3n) is 5.95. The zero-order valence-corrected chi connectivity index (χ0v) is 17.5. The smallest absolute Gasteiger partial charge is 0.254 e. The van der Waals surface area contributed by atoms with E-state index in [2.05, 4.69) is 11.9 Å². The van der Waals surface area contributed by atoms with Crippen molar-refractivity contribution < 1.29 is 13.2 Å². The quantitative estimate of drug-likeness (QED) is 0.788. The van der Waals surface area contributed by atoms with Crippen LogP contribution in [0.25, 0.3) is 0 Å². The number of amides is 1. The van der Waals surface area contributed by atoms with Crippen LogP contribution in [0.1, 0.15) is 48.0 Å². The molecule has 0 aromatic heterocycles. The number of rotatable bonds is 4. The predicted molar refractivity (Wildman–Crippen MR) is 106 cm³/mol. The largest absolute Gasteiger partial charge is 0.339 e. The summed E-state index contributed by atoms with van der Waals surface area (Å²) in [6.07, 6.45) is 4.77. The second kappa shape index (κ2) is 8.29. The van der Waals surface area contributed by atoms with E-state index in [0.29, 0.717) is 18.7 Å². The number of carbonyl (C=O) groups is 1. The minimum Gasteiger partial charge on any atom is -0.339 e. The van der Waals surface area contributed by atoms with Gasteiger partial charge in [0.25, 0.3) is 5.91 Å². The minimum atomic E-state index is -3.54. The molecule has 0 bridgehead atoms. The van der Waals surface area contributed by atoms with Crippen LogP contribution in [0.3, 0.4) is 0 Å². The van der Waals surface area contributed by atoms with Gasteiger partial charge in [-0.3, -0.25) is 4.79 Å². The van der Waals surface area contributed by atoms with Crippen molar-refractivity contribution in [1.29, 1.82) is 0 Å². The Morgan fingerprint density at radius 3 is 2.33 bits per heavy atom. The molecule has 2 fully saturated rings. The van der Waals surface area contributed by atoms with Crippen molar-refractivity contribution in [2.45, 2.75) is 50.0 Å². The summed E-state index contributed by atoms with van der Waals surface area (Å²) in [4.78, 5) is 17.4. The second-order valence-corrected chi connectivity index (χ2v) is 9.83. The Kier molecular flexibility index (Phi) is 6.23. The van der Waals surface area contributed by atoms with E-state index < -0.39 is 10.0 Å². The molecule has 0 aliphatic carbocycles. The SMILES string of the molecule is Cc1ccc(S(=O)(=O)N2CCCCC2)cc1C(=O)N(C)C1CCN(C)CC1. The molecule has 6 nitrogen and oxygen atoms in total. The molecule has 27 heavy (non-hydrogen) atoms. The van der Waals surface area contributed by atoms with E-state index in [1.165, 1.54) is 0 Å². The molecule has 2 saturated heterocycles. The fourth-order valence-corrected chi connectivity index (χ4v) is 5.53. The maximum absolute atomic E-state index is 13.1. The molecule has 0 radical (unpaired) electrons. The van der Waals surface area contributed by atoms with Crippen molar-refractivity contribution in [3.8, 4) is 0 Å². The Balaban J connectivity index is 1.83. The van der Waals surface area contributed by atoms with Crippen LogP contribution in [0.15, 0.2) is 23.1 Å². The van der Waals surface area contributed by atoms with Gasteiger partial charge in [0, 0.05) is 31.7 Å². The van der Waals surface area contributed by atoms with Crippen molar-refractivity contribution in [3.63, 3.8) is 0 Å². The average Bonchev–Trinajstić information content (AvgIpc) is 2.68. The Morgan fingerprint density at radius 2 is 1.70 bits per heavy atom. The van der Waals surface area contributed by atoms with Gasteiger partial charge in [0.15, 0.2) is 0 Å². The van der Waals surface area contributed by atoms with E-state index >= 15 is 0 Å². The van der Waals surface area contributed by atoms with Crippen molar-refractivity contribution >= 4 is 15.9 Å².